The third kappa shape index (κ3) is 5.58. The first-order valence-corrected chi connectivity index (χ1v) is 9.47. The highest BCUT2D eigenvalue weighted by atomic mass is 16.7. The summed E-state index contributed by atoms with van der Waals surface area (Å²) >= 11 is 0. The fourth-order valence-electron chi connectivity index (χ4n) is 3.13. The summed E-state index contributed by atoms with van der Waals surface area (Å²) in [5.74, 6) is 1.34. The minimum atomic E-state index is -0.421. The predicted molar refractivity (Wildman–Crippen MR) is 101 cm³/mol. The molecule has 0 spiro atoms. The molecule has 0 radical (unpaired) electrons. The van der Waals surface area contributed by atoms with Gasteiger partial charge in [0.05, 0.1) is 6.54 Å². The molecule has 2 aliphatic heterocycles. The van der Waals surface area contributed by atoms with Crippen LogP contribution in [0.1, 0.15) is 25.8 Å². The van der Waals surface area contributed by atoms with Gasteiger partial charge in [0.1, 0.15) is 0 Å². The number of rotatable bonds is 6. The average Bonchev–Trinajstić information content (AvgIpc) is 3.10. The zero-order chi connectivity index (χ0) is 19.2. The fraction of sp³-hybridized carbons (Fsp3) is 0.579. The molecule has 8 heteroatoms. The van der Waals surface area contributed by atoms with Crippen LogP contribution in [-0.2, 0) is 11.3 Å². The lowest BCUT2D eigenvalue weighted by Crippen LogP contribution is -2.51. The van der Waals surface area contributed by atoms with Gasteiger partial charge in [-0.1, -0.05) is 13.0 Å². The number of hydrogen-bond acceptors (Lipinski definition) is 6. The van der Waals surface area contributed by atoms with Crippen molar-refractivity contribution in [2.24, 2.45) is 0 Å². The van der Waals surface area contributed by atoms with E-state index in [9.17, 15) is 9.59 Å². The van der Waals surface area contributed by atoms with Crippen LogP contribution in [0, 0.1) is 0 Å². The summed E-state index contributed by atoms with van der Waals surface area (Å²) < 4.78 is 10.8. The molecule has 0 unspecified atom stereocenters. The van der Waals surface area contributed by atoms with E-state index < -0.39 is 6.03 Å². The van der Waals surface area contributed by atoms with Gasteiger partial charge in [0.25, 0.3) is 0 Å². The van der Waals surface area contributed by atoms with Crippen molar-refractivity contribution < 1.29 is 19.1 Å². The Balaban J connectivity index is 1.38. The third-order valence-corrected chi connectivity index (χ3v) is 4.92. The van der Waals surface area contributed by atoms with Crippen molar-refractivity contribution in [3.63, 3.8) is 0 Å². The van der Waals surface area contributed by atoms with Gasteiger partial charge in [0.2, 0.25) is 12.7 Å². The van der Waals surface area contributed by atoms with Crippen LogP contribution in [0.15, 0.2) is 18.2 Å². The maximum Gasteiger partial charge on any atom is 0.321 e. The number of piperazine rings is 1. The lowest BCUT2D eigenvalue weighted by Gasteiger charge is -2.34. The molecule has 0 bridgehead atoms. The molecule has 148 valence electrons. The number of fused-ring (bicyclic) bond motifs is 1. The number of nitrogens with one attached hydrogen (secondary N) is 2. The van der Waals surface area contributed by atoms with Crippen LogP contribution in [0.3, 0.4) is 0 Å². The minimum Gasteiger partial charge on any atom is -0.454 e. The number of imide groups is 1. The van der Waals surface area contributed by atoms with Gasteiger partial charge in [-0.2, -0.15) is 0 Å². The summed E-state index contributed by atoms with van der Waals surface area (Å²) in [5.41, 5.74) is 1.19. The SMILES string of the molecule is CC[C@H](C)NC(=O)NC(=O)CN1CCN(Cc2ccc3c(c2)OCO3)CC1. The monoisotopic (exact) mass is 376 g/mol. The lowest BCUT2D eigenvalue weighted by molar-refractivity contribution is -0.121. The van der Waals surface area contributed by atoms with Gasteiger partial charge in [-0.25, -0.2) is 4.79 Å². The Morgan fingerprint density at radius 3 is 2.56 bits per heavy atom. The molecule has 1 aromatic rings. The van der Waals surface area contributed by atoms with E-state index >= 15 is 0 Å². The number of benzene rings is 1. The molecule has 0 aliphatic carbocycles. The van der Waals surface area contributed by atoms with Crippen LogP contribution in [0.5, 0.6) is 11.5 Å². The van der Waals surface area contributed by atoms with Gasteiger partial charge in [-0.15, -0.1) is 0 Å². The van der Waals surface area contributed by atoms with Gasteiger partial charge >= 0.3 is 6.03 Å². The first-order valence-electron chi connectivity index (χ1n) is 9.47. The number of hydrogen-bond donors (Lipinski definition) is 2. The molecule has 0 aromatic heterocycles. The Labute approximate surface area is 159 Å². The van der Waals surface area contributed by atoms with Crippen LogP contribution in [0.2, 0.25) is 0 Å². The summed E-state index contributed by atoms with van der Waals surface area (Å²) in [5, 5.41) is 5.13. The number of urea groups is 1. The van der Waals surface area contributed by atoms with Crippen LogP contribution >= 0.6 is 0 Å². The Kier molecular flexibility index (Phi) is 6.52. The van der Waals surface area contributed by atoms with E-state index in [2.05, 4.69) is 26.5 Å². The van der Waals surface area contributed by atoms with Crippen LogP contribution in [0.4, 0.5) is 4.79 Å². The molecule has 27 heavy (non-hydrogen) atoms. The van der Waals surface area contributed by atoms with Crippen molar-refractivity contribution >= 4 is 11.9 Å². The van der Waals surface area contributed by atoms with E-state index in [1.165, 1.54) is 5.56 Å². The molecular formula is C19H28N4O4. The average molecular weight is 376 g/mol. The van der Waals surface area contributed by atoms with Crippen LogP contribution in [-0.4, -0.2) is 67.3 Å². The lowest BCUT2D eigenvalue weighted by atomic mass is 10.1. The number of amides is 3. The summed E-state index contributed by atoms with van der Waals surface area (Å²) in [6, 6.07) is 5.66. The van der Waals surface area contributed by atoms with Crippen molar-refractivity contribution in [3.05, 3.63) is 23.8 Å². The molecule has 1 atom stereocenters. The molecule has 2 heterocycles. The molecule has 2 N–H and O–H groups in total. The zero-order valence-electron chi connectivity index (χ0n) is 16.0. The highest BCUT2D eigenvalue weighted by Crippen LogP contribution is 2.32. The molecule has 3 rings (SSSR count). The Bertz CT molecular complexity index is 674. The molecule has 1 saturated heterocycles. The van der Waals surface area contributed by atoms with Crippen molar-refractivity contribution in [1.82, 2.24) is 20.4 Å². The van der Waals surface area contributed by atoms with Gasteiger partial charge in [-0.05, 0) is 31.0 Å². The van der Waals surface area contributed by atoms with E-state index in [1.807, 2.05) is 26.0 Å². The molecular weight excluding hydrogens is 348 g/mol. The van der Waals surface area contributed by atoms with Gasteiger partial charge in [0.15, 0.2) is 11.5 Å². The second-order valence-electron chi connectivity index (χ2n) is 7.07. The maximum absolute atomic E-state index is 12.0. The quantitative estimate of drug-likeness (QED) is 0.775. The molecule has 8 nitrogen and oxygen atoms in total. The Morgan fingerprint density at radius 1 is 1.11 bits per heavy atom. The molecule has 3 amide bonds. The van der Waals surface area contributed by atoms with Crippen molar-refractivity contribution in [1.29, 1.82) is 0 Å². The first-order chi connectivity index (χ1) is 13.0. The second-order valence-corrected chi connectivity index (χ2v) is 7.07. The second kappa shape index (κ2) is 9.05. The van der Waals surface area contributed by atoms with E-state index in [0.29, 0.717) is 0 Å². The smallest absolute Gasteiger partial charge is 0.321 e. The Hall–Kier alpha value is -2.32. The standard InChI is InChI=1S/C19H28N4O4/c1-3-14(2)20-19(25)21-18(24)12-23-8-6-22(7-9-23)11-15-4-5-16-17(10-15)27-13-26-16/h4-5,10,14H,3,6-9,11-13H2,1-2H3,(H2,20,21,24,25)/t14-/m0/s1. The zero-order valence-corrected chi connectivity index (χ0v) is 16.0. The summed E-state index contributed by atoms with van der Waals surface area (Å²) in [6.45, 7) is 8.60. The number of carbonyl (C=O) groups excluding carboxylic acids is 2. The predicted octanol–water partition coefficient (Wildman–Crippen LogP) is 1.16. The number of carbonyl (C=O) groups is 2. The van der Waals surface area contributed by atoms with Crippen LogP contribution < -0.4 is 20.1 Å². The number of ether oxygens (including phenoxy) is 2. The maximum atomic E-state index is 12.0. The summed E-state index contributed by atoms with van der Waals surface area (Å²) in [6.07, 6.45) is 0.826. The van der Waals surface area contributed by atoms with Crippen molar-refractivity contribution in [2.75, 3.05) is 39.5 Å². The fourth-order valence-corrected chi connectivity index (χ4v) is 3.13. The highest BCUT2D eigenvalue weighted by Gasteiger charge is 2.21. The molecule has 1 aromatic carbocycles. The van der Waals surface area contributed by atoms with Crippen molar-refractivity contribution in [3.8, 4) is 11.5 Å². The van der Waals surface area contributed by atoms with Crippen LogP contribution in [0.25, 0.3) is 0 Å². The summed E-state index contributed by atoms with van der Waals surface area (Å²) in [7, 11) is 0. The highest BCUT2D eigenvalue weighted by molar-refractivity contribution is 5.95. The van der Waals surface area contributed by atoms with Gasteiger partial charge in [-0.3, -0.25) is 19.9 Å². The van der Waals surface area contributed by atoms with Gasteiger partial charge < -0.3 is 14.8 Å². The number of nitrogens with zero attached hydrogens (tertiary/aromatic N) is 2. The largest absolute Gasteiger partial charge is 0.454 e. The normalized spacial score (nSPS) is 18.1. The Morgan fingerprint density at radius 2 is 1.81 bits per heavy atom. The minimum absolute atomic E-state index is 0.0533. The van der Waals surface area contributed by atoms with E-state index in [0.717, 1.165) is 50.6 Å². The third-order valence-electron chi connectivity index (χ3n) is 4.92. The summed E-state index contributed by atoms with van der Waals surface area (Å²) in [4.78, 5) is 28.2. The van der Waals surface area contributed by atoms with E-state index in [4.69, 9.17) is 9.47 Å². The van der Waals surface area contributed by atoms with E-state index in [1.54, 1.807) is 0 Å². The first kappa shape index (κ1) is 19.4. The van der Waals surface area contributed by atoms with Crippen molar-refractivity contribution in [2.45, 2.75) is 32.9 Å². The van der Waals surface area contributed by atoms with E-state index in [-0.39, 0.29) is 25.3 Å². The van der Waals surface area contributed by atoms with Gasteiger partial charge in [0, 0.05) is 38.8 Å². The molecule has 2 aliphatic rings. The molecule has 0 saturated carbocycles. The molecule has 1 fully saturated rings. The topological polar surface area (TPSA) is 83.1 Å².